The molecule has 92 valence electrons. The lowest BCUT2D eigenvalue weighted by molar-refractivity contribution is -0.118. The van der Waals surface area contributed by atoms with Crippen LogP contribution in [0.2, 0.25) is 10.0 Å². The van der Waals surface area contributed by atoms with E-state index in [0.717, 1.165) is 19.4 Å². The van der Waals surface area contributed by atoms with E-state index in [1.807, 2.05) is 0 Å². The molecule has 1 amide bonds. The Morgan fingerprint density at radius 1 is 1.47 bits per heavy atom. The Kier molecular flexibility index (Phi) is 4.26. The Morgan fingerprint density at radius 3 is 3.00 bits per heavy atom. The zero-order valence-corrected chi connectivity index (χ0v) is 10.7. The summed E-state index contributed by atoms with van der Waals surface area (Å²) in [7, 11) is 0. The SMILES string of the molecule is O=C(CC1CCCO1)Nc1cc(Cl)ccc1Cl. The van der Waals surface area contributed by atoms with Crippen molar-refractivity contribution in [3.8, 4) is 0 Å². The monoisotopic (exact) mass is 273 g/mol. The quantitative estimate of drug-likeness (QED) is 0.916. The van der Waals surface area contributed by atoms with E-state index in [1.54, 1.807) is 18.2 Å². The third-order valence-electron chi connectivity index (χ3n) is 2.64. The third-order valence-corrected chi connectivity index (χ3v) is 3.20. The standard InChI is InChI=1S/C12H13Cl2NO2/c13-8-3-4-10(14)11(6-8)15-12(16)7-9-2-1-5-17-9/h3-4,6,9H,1-2,5,7H2,(H,15,16). The maximum atomic E-state index is 11.7. The van der Waals surface area contributed by atoms with Crippen LogP contribution in [0.4, 0.5) is 5.69 Å². The number of halogens is 2. The lowest BCUT2D eigenvalue weighted by atomic mass is 10.2. The zero-order valence-electron chi connectivity index (χ0n) is 9.21. The number of amides is 1. The summed E-state index contributed by atoms with van der Waals surface area (Å²) >= 11 is 11.8. The van der Waals surface area contributed by atoms with Gasteiger partial charge < -0.3 is 10.1 Å². The Balaban J connectivity index is 1.95. The smallest absolute Gasteiger partial charge is 0.227 e. The van der Waals surface area contributed by atoms with Gasteiger partial charge >= 0.3 is 0 Å². The normalized spacial score (nSPS) is 19.3. The molecule has 0 aliphatic carbocycles. The van der Waals surface area contributed by atoms with Crippen molar-refractivity contribution in [2.75, 3.05) is 11.9 Å². The molecular weight excluding hydrogens is 261 g/mol. The number of carbonyl (C=O) groups excluding carboxylic acids is 1. The van der Waals surface area contributed by atoms with Crippen LogP contribution in [0.25, 0.3) is 0 Å². The molecule has 1 unspecified atom stereocenters. The molecule has 1 aromatic carbocycles. The molecule has 3 nitrogen and oxygen atoms in total. The molecule has 0 spiro atoms. The highest BCUT2D eigenvalue weighted by molar-refractivity contribution is 6.35. The van der Waals surface area contributed by atoms with Crippen molar-refractivity contribution in [1.29, 1.82) is 0 Å². The highest BCUT2D eigenvalue weighted by Gasteiger charge is 2.19. The summed E-state index contributed by atoms with van der Waals surface area (Å²) in [5, 5.41) is 3.77. The Bertz CT molecular complexity index is 417. The minimum atomic E-state index is -0.0962. The molecule has 1 N–H and O–H groups in total. The van der Waals surface area contributed by atoms with E-state index in [0.29, 0.717) is 22.2 Å². The first-order valence-corrected chi connectivity index (χ1v) is 6.27. The summed E-state index contributed by atoms with van der Waals surface area (Å²) in [6, 6.07) is 4.97. The molecule has 1 aliphatic rings. The van der Waals surface area contributed by atoms with E-state index in [9.17, 15) is 4.79 Å². The minimum absolute atomic E-state index is 0.0351. The van der Waals surface area contributed by atoms with Crippen molar-refractivity contribution in [3.05, 3.63) is 28.2 Å². The predicted molar refractivity (Wildman–Crippen MR) is 68.7 cm³/mol. The fraction of sp³-hybridized carbons (Fsp3) is 0.417. The average Bonchev–Trinajstić information content (AvgIpc) is 2.76. The number of anilines is 1. The Labute approximate surface area is 110 Å². The second-order valence-electron chi connectivity index (χ2n) is 4.01. The summed E-state index contributed by atoms with van der Waals surface area (Å²) in [5.41, 5.74) is 0.544. The van der Waals surface area contributed by atoms with Crippen LogP contribution in [-0.4, -0.2) is 18.6 Å². The molecule has 1 saturated heterocycles. The van der Waals surface area contributed by atoms with Gasteiger partial charge in [-0.15, -0.1) is 0 Å². The van der Waals surface area contributed by atoms with E-state index >= 15 is 0 Å². The summed E-state index contributed by atoms with van der Waals surface area (Å²) in [6.07, 6.45) is 2.36. The third kappa shape index (κ3) is 3.60. The van der Waals surface area contributed by atoms with Crippen LogP contribution in [0.1, 0.15) is 19.3 Å². The van der Waals surface area contributed by atoms with Gasteiger partial charge in [0.2, 0.25) is 5.91 Å². The molecule has 0 radical (unpaired) electrons. The molecule has 0 bridgehead atoms. The summed E-state index contributed by atoms with van der Waals surface area (Å²) in [5.74, 6) is -0.0962. The fourth-order valence-electron chi connectivity index (χ4n) is 1.81. The lowest BCUT2D eigenvalue weighted by Crippen LogP contribution is -2.19. The number of hydrogen-bond acceptors (Lipinski definition) is 2. The van der Waals surface area contributed by atoms with E-state index < -0.39 is 0 Å². The lowest BCUT2D eigenvalue weighted by Gasteiger charge is -2.11. The van der Waals surface area contributed by atoms with Gasteiger partial charge in [-0.2, -0.15) is 0 Å². The van der Waals surface area contributed by atoms with Crippen molar-refractivity contribution in [1.82, 2.24) is 0 Å². The van der Waals surface area contributed by atoms with Gasteiger partial charge in [0, 0.05) is 11.6 Å². The van der Waals surface area contributed by atoms with E-state index in [4.69, 9.17) is 27.9 Å². The molecule has 1 aromatic rings. The first-order valence-electron chi connectivity index (χ1n) is 5.51. The molecular formula is C12H13Cl2NO2. The van der Waals surface area contributed by atoms with Crippen LogP contribution < -0.4 is 5.32 Å². The van der Waals surface area contributed by atoms with Gasteiger partial charge in [-0.05, 0) is 31.0 Å². The molecule has 1 atom stereocenters. The molecule has 0 aromatic heterocycles. The van der Waals surface area contributed by atoms with Crippen molar-refractivity contribution in [2.24, 2.45) is 0 Å². The molecule has 0 saturated carbocycles. The topological polar surface area (TPSA) is 38.3 Å². The summed E-state index contributed by atoms with van der Waals surface area (Å²) in [4.78, 5) is 11.7. The van der Waals surface area contributed by atoms with Crippen LogP contribution in [0.3, 0.4) is 0 Å². The van der Waals surface area contributed by atoms with Crippen LogP contribution in [0.5, 0.6) is 0 Å². The highest BCUT2D eigenvalue weighted by atomic mass is 35.5. The molecule has 1 fully saturated rings. The first-order chi connectivity index (χ1) is 8.15. The Morgan fingerprint density at radius 2 is 2.29 bits per heavy atom. The fourth-order valence-corrected chi connectivity index (χ4v) is 2.14. The van der Waals surface area contributed by atoms with Gasteiger partial charge in [0.25, 0.3) is 0 Å². The second-order valence-corrected chi connectivity index (χ2v) is 4.86. The van der Waals surface area contributed by atoms with Gasteiger partial charge in [-0.25, -0.2) is 0 Å². The molecule has 17 heavy (non-hydrogen) atoms. The van der Waals surface area contributed by atoms with E-state index in [1.165, 1.54) is 0 Å². The number of rotatable bonds is 3. The van der Waals surface area contributed by atoms with E-state index in [-0.39, 0.29) is 12.0 Å². The molecule has 1 heterocycles. The largest absolute Gasteiger partial charge is 0.378 e. The molecule has 1 aliphatic heterocycles. The van der Waals surface area contributed by atoms with Gasteiger partial charge in [-0.3, -0.25) is 4.79 Å². The maximum absolute atomic E-state index is 11.7. The number of nitrogens with one attached hydrogen (secondary N) is 1. The minimum Gasteiger partial charge on any atom is -0.378 e. The number of benzene rings is 1. The van der Waals surface area contributed by atoms with Crippen molar-refractivity contribution < 1.29 is 9.53 Å². The molecule has 2 rings (SSSR count). The van der Waals surface area contributed by atoms with Gasteiger partial charge in [0.15, 0.2) is 0 Å². The van der Waals surface area contributed by atoms with E-state index in [2.05, 4.69) is 5.32 Å². The van der Waals surface area contributed by atoms with Gasteiger partial charge in [-0.1, -0.05) is 23.2 Å². The highest BCUT2D eigenvalue weighted by Crippen LogP contribution is 2.26. The number of carbonyl (C=O) groups is 1. The van der Waals surface area contributed by atoms with Gasteiger partial charge in [0.05, 0.1) is 23.2 Å². The zero-order chi connectivity index (χ0) is 12.3. The van der Waals surface area contributed by atoms with Crippen molar-refractivity contribution >= 4 is 34.8 Å². The summed E-state index contributed by atoms with van der Waals surface area (Å²) in [6.45, 7) is 0.746. The van der Waals surface area contributed by atoms with Crippen molar-refractivity contribution in [3.63, 3.8) is 0 Å². The van der Waals surface area contributed by atoms with Crippen molar-refractivity contribution in [2.45, 2.75) is 25.4 Å². The van der Waals surface area contributed by atoms with Crippen LogP contribution in [0, 0.1) is 0 Å². The maximum Gasteiger partial charge on any atom is 0.227 e. The summed E-state index contributed by atoms with van der Waals surface area (Å²) < 4.78 is 5.40. The Hall–Kier alpha value is -0.770. The predicted octanol–water partition coefficient (Wildman–Crippen LogP) is 3.50. The number of hydrogen-bond donors (Lipinski definition) is 1. The second kappa shape index (κ2) is 5.71. The van der Waals surface area contributed by atoms with Gasteiger partial charge in [0.1, 0.15) is 0 Å². The number of ether oxygens (including phenoxy) is 1. The first kappa shape index (κ1) is 12.7. The average molecular weight is 274 g/mol. The van der Waals surface area contributed by atoms with Crippen LogP contribution in [0.15, 0.2) is 18.2 Å². The van der Waals surface area contributed by atoms with Crippen LogP contribution in [-0.2, 0) is 9.53 Å². The molecule has 5 heteroatoms. The van der Waals surface area contributed by atoms with Crippen LogP contribution >= 0.6 is 23.2 Å².